The molecule has 3 aromatic heterocycles. The molecule has 2 atom stereocenters. The molecule has 4 heterocycles. The van der Waals surface area contributed by atoms with Crippen LogP contribution in [0.15, 0.2) is 33.6 Å². The fourth-order valence-electron chi connectivity index (χ4n) is 6.63. The van der Waals surface area contributed by atoms with E-state index in [9.17, 15) is 4.79 Å². The first-order chi connectivity index (χ1) is 19.0. The maximum Gasteiger partial charge on any atom is 0.439 e. The lowest BCUT2D eigenvalue weighted by atomic mass is 9.83. The first kappa shape index (κ1) is 24.8. The van der Waals surface area contributed by atoms with Gasteiger partial charge >= 0.3 is 5.76 Å². The van der Waals surface area contributed by atoms with Gasteiger partial charge in [0.1, 0.15) is 11.2 Å². The number of imidazole rings is 1. The fourth-order valence-corrected chi connectivity index (χ4v) is 6.82. The maximum atomic E-state index is 11.7. The van der Waals surface area contributed by atoms with E-state index in [1.807, 2.05) is 24.3 Å². The van der Waals surface area contributed by atoms with Gasteiger partial charge in [0.15, 0.2) is 5.65 Å². The lowest BCUT2D eigenvalue weighted by Crippen LogP contribution is -2.49. The molecule has 39 heavy (non-hydrogen) atoms. The van der Waals surface area contributed by atoms with Gasteiger partial charge < -0.3 is 14.2 Å². The summed E-state index contributed by atoms with van der Waals surface area (Å²) >= 11 is 6.44. The molecule has 10 nitrogen and oxygen atoms in total. The van der Waals surface area contributed by atoms with Crippen molar-refractivity contribution in [2.24, 2.45) is 11.8 Å². The van der Waals surface area contributed by atoms with Gasteiger partial charge in [-0.15, -0.1) is 0 Å². The zero-order valence-corrected chi connectivity index (χ0v) is 22.7. The van der Waals surface area contributed by atoms with Crippen LogP contribution < -0.4 is 10.7 Å². The Bertz CT molecular complexity index is 1550. The molecule has 3 aliphatic rings. The minimum absolute atomic E-state index is 0.171. The molecule has 0 amide bonds. The van der Waals surface area contributed by atoms with Crippen LogP contribution in [0.1, 0.15) is 51.9 Å². The number of nitrogens with zero attached hydrogens (tertiary/aromatic N) is 6. The normalized spacial score (nSPS) is 25.3. The Morgan fingerprint density at radius 2 is 1.97 bits per heavy atom. The first-order valence-electron chi connectivity index (χ1n) is 14.0. The molecule has 1 aliphatic heterocycles. The second-order valence-corrected chi connectivity index (χ2v) is 11.7. The highest BCUT2D eigenvalue weighted by Gasteiger charge is 2.39. The summed E-state index contributed by atoms with van der Waals surface area (Å²) in [7, 11) is 0. The average Bonchev–Trinajstić information content (AvgIpc) is 3.68. The summed E-state index contributed by atoms with van der Waals surface area (Å²) in [5.74, 6) is 2.02. The van der Waals surface area contributed by atoms with Crippen LogP contribution in [0.2, 0.25) is 5.02 Å². The minimum Gasteiger partial charge on any atom is -0.374 e. The van der Waals surface area contributed by atoms with Gasteiger partial charge in [-0.1, -0.05) is 48.7 Å². The number of hydrogen-bond acceptors (Lipinski definition) is 8. The molecule has 0 bridgehead atoms. The molecule has 0 spiro atoms. The Balaban J connectivity index is 1.44. The summed E-state index contributed by atoms with van der Waals surface area (Å²) < 4.78 is 13.3. The number of benzene rings is 1. The molecule has 204 valence electrons. The molecule has 11 heteroatoms. The number of morpholine rings is 1. The Labute approximate surface area is 230 Å². The number of H-pyrrole nitrogens is 1. The molecule has 4 aromatic rings. The van der Waals surface area contributed by atoms with Crippen molar-refractivity contribution in [1.29, 1.82) is 0 Å². The van der Waals surface area contributed by atoms with Gasteiger partial charge in [-0.25, -0.2) is 14.8 Å². The van der Waals surface area contributed by atoms with E-state index in [1.54, 1.807) is 0 Å². The second kappa shape index (κ2) is 10.1. The molecule has 1 N–H and O–H groups in total. The van der Waals surface area contributed by atoms with E-state index < -0.39 is 5.76 Å². The van der Waals surface area contributed by atoms with Crippen molar-refractivity contribution in [2.45, 2.75) is 70.6 Å². The van der Waals surface area contributed by atoms with Crippen molar-refractivity contribution >= 4 is 28.7 Å². The Morgan fingerprint density at radius 1 is 1.10 bits per heavy atom. The predicted octanol–water partition coefficient (Wildman–Crippen LogP) is 5.07. The number of aromatic amines is 1. The van der Waals surface area contributed by atoms with E-state index in [4.69, 9.17) is 35.8 Å². The molecule has 0 unspecified atom stereocenters. The molecular weight excluding hydrogens is 518 g/mol. The number of nitrogens with one attached hydrogen (secondary N) is 1. The van der Waals surface area contributed by atoms with Crippen LogP contribution in [0.4, 0.5) is 5.95 Å². The molecule has 2 saturated carbocycles. The van der Waals surface area contributed by atoms with E-state index in [0.717, 1.165) is 55.3 Å². The summed E-state index contributed by atoms with van der Waals surface area (Å²) in [5, 5.41) is 4.47. The average molecular weight is 550 g/mol. The van der Waals surface area contributed by atoms with Crippen molar-refractivity contribution in [3.05, 3.63) is 39.8 Å². The van der Waals surface area contributed by atoms with Crippen molar-refractivity contribution in [3.8, 4) is 22.9 Å². The smallest absolute Gasteiger partial charge is 0.374 e. The third kappa shape index (κ3) is 4.63. The van der Waals surface area contributed by atoms with Crippen LogP contribution in [0, 0.1) is 11.8 Å². The Kier molecular flexibility index (Phi) is 6.39. The van der Waals surface area contributed by atoms with Gasteiger partial charge in [0.2, 0.25) is 17.6 Å². The zero-order valence-electron chi connectivity index (χ0n) is 22.0. The second-order valence-electron chi connectivity index (χ2n) is 11.3. The summed E-state index contributed by atoms with van der Waals surface area (Å²) in [6.45, 7) is 4.67. The zero-order chi connectivity index (χ0) is 26.5. The van der Waals surface area contributed by atoms with Crippen LogP contribution >= 0.6 is 11.6 Å². The number of halogens is 1. The number of anilines is 1. The van der Waals surface area contributed by atoms with Crippen LogP contribution in [0.5, 0.6) is 0 Å². The first-order valence-corrected chi connectivity index (χ1v) is 14.4. The van der Waals surface area contributed by atoms with Crippen molar-refractivity contribution in [1.82, 2.24) is 29.7 Å². The molecule has 3 fully saturated rings. The summed E-state index contributed by atoms with van der Waals surface area (Å²) in [6.07, 6.45) is 8.45. The molecule has 2 aliphatic carbocycles. The van der Waals surface area contributed by atoms with E-state index in [-0.39, 0.29) is 17.8 Å². The summed E-state index contributed by atoms with van der Waals surface area (Å²) in [5.41, 5.74) is 3.01. The monoisotopic (exact) mass is 549 g/mol. The SMILES string of the molecule is C[C@H]1CC[C@H](Cn2c(N3CCO[C@@H]4CCC[C@H]43)nc3nc(-c4noc(=O)[nH]4)nc(-c4cccc(Cl)c4)c32)CC1. The third-order valence-electron chi connectivity index (χ3n) is 8.65. The number of hydrogen-bond donors (Lipinski definition) is 1. The molecule has 1 saturated heterocycles. The fraction of sp³-hybridized carbons (Fsp3) is 0.536. The quantitative estimate of drug-likeness (QED) is 0.367. The lowest BCUT2D eigenvalue weighted by molar-refractivity contribution is 0.0247. The molecule has 7 rings (SSSR count). The van der Waals surface area contributed by atoms with Crippen LogP contribution in [-0.4, -0.2) is 55.0 Å². The van der Waals surface area contributed by atoms with Gasteiger partial charge in [0.05, 0.1) is 18.8 Å². The van der Waals surface area contributed by atoms with E-state index in [0.29, 0.717) is 34.9 Å². The largest absolute Gasteiger partial charge is 0.439 e. The Morgan fingerprint density at radius 3 is 2.77 bits per heavy atom. The topological polar surface area (TPSA) is 115 Å². The van der Waals surface area contributed by atoms with Crippen LogP contribution in [0.3, 0.4) is 0 Å². The van der Waals surface area contributed by atoms with Gasteiger partial charge in [0.25, 0.3) is 0 Å². The summed E-state index contributed by atoms with van der Waals surface area (Å²) in [4.78, 5) is 31.7. The lowest BCUT2D eigenvalue weighted by Gasteiger charge is -2.39. The van der Waals surface area contributed by atoms with Crippen molar-refractivity contribution < 1.29 is 9.26 Å². The standard InChI is InChI=1S/C28H32ClN7O3/c1-16-8-10-17(11-9-16)15-36-23-22(18-4-2-5-19(29)14-18)30-25(26-33-28(37)39-34-26)31-24(23)32-27(36)35-12-13-38-21-7-3-6-20(21)35/h2,4-5,14,16-17,20-21H,3,6-13,15H2,1H3,(H,33,34,37)/t16-,17-,20-,21-/m1/s1. The van der Waals surface area contributed by atoms with Gasteiger partial charge in [-0.05, 0) is 56.1 Å². The van der Waals surface area contributed by atoms with Crippen molar-refractivity contribution in [3.63, 3.8) is 0 Å². The van der Waals surface area contributed by atoms with Gasteiger partial charge in [-0.3, -0.25) is 9.51 Å². The van der Waals surface area contributed by atoms with E-state index in [1.165, 1.54) is 25.7 Å². The predicted molar refractivity (Wildman–Crippen MR) is 148 cm³/mol. The highest BCUT2D eigenvalue weighted by molar-refractivity contribution is 6.30. The van der Waals surface area contributed by atoms with Gasteiger partial charge in [-0.2, -0.15) is 4.98 Å². The maximum absolute atomic E-state index is 11.7. The van der Waals surface area contributed by atoms with E-state index in [2.05, 4.69) is 26.5 Å². The highest BCUT2D eigenvalue weighted by atomic mass is 35.5. The number of ether oxygens (including phenoxy) is 1. The number of aromatic nitrogens is 6. The molecular formula is C28H32ClN7O3. The Hall–Kier alpha value is -3.24. The third-order valence-corrected chi connectivity index (χ3v) is 8.88. The summed E-state index contributed by atoms with van der Waals surface area (Å²) in [6, 6.07) is 7.95. The number of rotatable bonds is 5. The minimum atomic E-state index is -0.656. The number of fused-ring (bicyclic) bond motifs is 2. The van der Waals surface area contributed by atoms with Crippen LogP contribution in [-0.2, 0) is 11.3 Å². The molecule has 0 radical (unpaired) electrons. The highest BCUT2D eigenvalue weighted by Crippen LogP contribution is 2.39. The van der Waals surface area contributed by atoms with Gasteiger partial charge in [0, 0.05) is 23.7 Å². The molecule has 1 aromatic carbocycles. The van der Waals surface area contributed by atoms with Crippen LogP contribution in [0.25, 0.3) is 34.1 Å². The van der Waals surface area contributed by atoms with E-state index >= 15 is 0 Å². The van der Waals surface area contributed by atoms with Crippen molar-refractivity contribution in [2.75, 3.05) is 18.1 Å².